The van der Waals surface area contributed by atoms with Crippen LogP contribution in [-0.2, 0) is 16.2 Å². The van der Waals surface area contributed by atoms with E-state index < -0.39 is 5.92 Å². The molecule has 5 nitrogen and oxygen atoms in total. The van der Waals surface area contributed by atoms with E-state index in [-0.39, 0.29) is 22.4 Å². The first-order valence-corrected chi connectivity index (χ1v) is 15.6. The molecule has 1 heterocycles. The molecule has 0 fully saturated rings. The van der Waals surface area contributed by atoms with Crippen molar-refractivity contribution in [1.29, 1.82) is 0 Å². The summed E-state index contributed by atoms with van der Waals surface area (Å²) >= 11 is 0. The highest BCUT2D eigenvalue weighted by molar-refractivity contribution is 6.06. The fraction of sp³-hybridized carbons (Fsp3) is 0.421. The second-order valence-corrected chi connectivity index (χ2v) is 14.0. The van der Waals surface area contributed by atoms with Crippen LogP contribution in [0.3, 0.4) is 0 Å². The van der Waals surface area contributed by atoms with Crippen LogP contribution < -0.4 is 9.47 Å². The fourth-order valence-electron chi connectivity index (χ4n) is 7.43. The molecule has 0 bridgehead atoms. The van der Waals surface area contributed by atoms with Crippen LogP contribution in [0.2, 0.25) is 0 Å². The van der Waals surface area contributed by atoms with Crippen LogP contribution in [0.1, 0.15) is 83.8 Å². The van der Waals surface area contributed by atoms with E-state index in [4.69, 9.17) is 9.47 Å². The molecule has 0 unspecified atom stereocenters. The summed E-state index contributed by atoms with van der Waals surface area (Å²) in [4.78, 5) is 30.3. The van der Waals surface area contributed by atoms with E-state index in [1.54, 1.807) is 7.11 Å². The van der Waals surface area contributed by atoms with E-state index in [1.165, 1.54) is 5.39 Å². The Bertz CT molecular complexity index is 1610. The van der Waals surface area contributed by atoms with Gasteiger partial charge in [0.1, 0.15) is 6.61 Å². The molecule has 2 aliphatic carbocycles. The van der Waals surface area contributed by atoms with Gasteiger partial charge in [-0.05, 0) is 64.1 Å². The molecule has 3 aromatic rings. The fourth-order valence-corrected chi connectivity index (χ4v) is 7.43. The number of carbonyl (C=O) groups excluding carboxylic acids is 2. The van der Waals surface area contributed by atoms with Crippen molar-refractivity contribution in [1.82, 2.24) is 4.90 Å². The van der Waals surface area contributed by atoms with E-state index in [2.05, 4.69) is 63.8 Å². The molecule has 5 heteroatoms. The summed E-state index contributed by atoms with van der Waals surface area (Å²) in [6, 6.07) is 20.5. The van der Waals surface area contributed by atoms with Crippen molar-refractivity contribution >= 4 is 22.3 Å². The van der Waals surface area contributed by atoms with Crippen LogP contribution in [0, 0.1) is 10.8 Å². The Balaban J connectivity index is 1.43. The Morgan fingerprint density at radius 2 is 1.42 bits per heavy atom. The van der Waals surface area contributed by atoms with Gasteiger partial charge in [-0.25, -0.2) is 0 Å². The van der Waals surface area contributed by atoms with E-state index in [9.17, 15) is 9.59 Å². The Morgan fingerprint density at radius 3 is 2.05 bits per heavy atom. The SMILES string of the molecule is CCCN1C2=C(C(=O)CC(C)(C)C2)C(c2ccc(OCc3cccc4ccccc34)c(OC)c2)C2=C1CC(C)(C)CC2=O. The maximum absolute atomic E-state index is 14.0. The first kappa shape index (κ1) is 29.2. The lowest BCUT2D eigenvalue weighted by atomic mass is 9.63. The number of hydrogen-bond donors (Lipinski definition) is 0. The van der Waals surface area contributed by atoms with Crippen molar-refractivity contribution in [2.75, 3.05) is 13.7 Å². The van der Waals surface area contributed by atoms with Crippen LogP contribution in [0.15, 0.2) is 83.2 Å². The average Bonchev–Trinajstić information content (AvgIpc) is 2.95. The summed E-state index contributed by atoms with van der Waals surface area (Å²) in [5.74, 6) is 1.14. The first-order valence-electron chi connectivity index (χ1n) is 15.6. The number of ketones is 2. The summed E-state index contributed by atoms with van der Waals surface area (Å²) in [5, 5.41) is 2.34. The molecule has 6 rings (SSSR count). The van der Waals surface area contributed by atoms with Gasteiger partial charge >= 0.3 is 0 Å². The highest BCUT2D eigenvalue weighted by atomic mass is 16.5. The van der Waals surface area contributed by atoms with Gasteiger partial charge in [-0.15, -0.1) is 0 Å². The molecule has 0 saturated carbocycles. The molecule has 0 atom stereocenters. The Kier molecular flexibility index (Phi) is 7.48. The van der Waals surface area contributed by atoms with Gasteiger partial charge in [-0.2, -0.15) is 0 Å². The number of methoxy groups -OCH3 is 1. The molecule has 3 aliphatic rings. The normalized spacial score (nSPS) is 19.9. The van der Waals surface area contributed by atoms with Crippen LogP contribution in [0.5, 0.6) is 11.5 Å². The van der Waals surface area contributed by atoms with E-state index >= 15 is 0 Å². The van der Waals surface area contributed by atoms with Crippen LogP contribution in [0.4, 0.5) is 0 Å². The molecule has 0 amide bonds. The van der Waals surface area contributed by atoms with Gasteiger partial charge in [0.15, 0.2) is 23.1 Å². The van der Waals surface area contributed by atoms with E-state index in [1.807, 2.05) is 36.4 Å². The highest BCUT2D eigenvalue weighted by Crippen LogP contribution is 2.55. The number of nitrogens with zero attached hydrogens (tertiary/aromatic N) is 1. The third-order valence-corrected chi connectivity index (χ3v) is 9.25. The van der Waals surface area contributed by atoms with Gasteiger partial charge in [0, 0.05) is 47.8 Å². The molecule has 0 aromatic heterocycles. The molecule has 43 heavy (non-hydrogen) atoms. The van der Waals surface area contributed by atoms with E-state index in [0.717, 1.165) is 64.9 Å². The van der Waals surface area contributed by atoms with E-state index in [0.29, 0.717) is 30.9 Å². The van der Waals surface area contributed by atoms with Gasteiger partial charge < -0.3 is 14.4 Å². The summed E-state index contributed by atoms with van der Waals surface area (Å²) in [6.07, 6.45) is 3.54. The summed E-state index contributed by atoms with van der Waals surface area (Å²) < 4.78 is 12.2. The molecule has 0 saturated heterocycles. The Labute approximate surface area is 255 Å². The minimum atomic E-state index is -0.397. The largest absolute Gasteiger partial charge is 0.493 e. The summed E-state index contributed by atoms with van der Waals surface area (Å²) in [5.41, 5.74) is 5.55. The predicted molar refractivity (Wildman–Crippen MR) is 171 cm³/mol. The standard InChI is InChI=1S/C38H43NO4/c1-7-17-39-28-19-37(2,3)21-30(40)35(28)34(36-29(39)20-38(4,5)22-31(36)41)25-15-16-32(33(18-25)42-6)43-23-26-13-10-12-24-11-8-9-14-27(24)26/h8-16,18,34H,7,17,19-23H2,1-6H3. The molecule has 0 radical (unpaired) electrons. The van der Waals surface area contributed by atoms with Crippen molar-refractivity contribution in [3.8, 4) is 11.5 Å². The zero-order chi connectivity index (χ0) is 30.5. The summed E-state index contributed by atoms with van der Waals surface area (Å²) in [6.45, 7) is 12.1. The van der Waals surface area contributed by atoms with Crippen LogP contribution in [0.25, 0.3) is 10.8 Å². The Morgan fingerprint density at radius 1 is 0.791 bits per heavy atom. The van der Waals surface area contributed by atoms with Gasteiger partial charge in [0.2, 0.25) is 0 Å². The van der Waals surface area contributed by atoms with Gasteiger partial charge in [0.05, 0.1) is 7.11 Å². The molecular weight excluding hydrogens is 534 g/mol. The van der Waals surface area contributed by atoms with Gasteiger partial charge in [-0.3, -0.25) is 9.59 Å². The number of allylic oxidation sites excluding steroid dienone is 4. The number of ether oxygens (including phenoxy) is 2. The maximum Gasteiger partial charge on any atom is 0.162 e. The minimum absolute atomic E-state index is 0.129. The third-order valence-electron chi connectivity index (χ3n) is 9.25. The zero-order valence-electron chi connectivity index (χ0n) is 26.4. The molecule has 3 aromatic carbocycles. The first-order chi connectivity index (χ1) is 20.5. The molecular formula is C38H43NO4. The number of fused-ring (bicyclic) bond motifs is 1. The van der Waals surface area contributed by atoms with Gasteiger partial charge in [-0.1, -0.05) is 83.1 Å². The third kappa shape index (κ3) is 5.39. The number of rotatable bonds is 7. The lowest BCUT2D eigenvalue weighted by molar-refractivity contribution is -0.119. The van der Waals surface area contributed by atoms with Gasteiger partial charge in [0.25, 0.3) is 0 Å². The van der Waals surface area contributed by atoms with Crippen molar-refractivity contribution in [2.45, 2.75) is 79.2 Å². The van der Waals surface area contributed by atoms with Crippen molar-refractivity contribution in [3.05, 3.63) is 94.3 Å². The number of carbonyl (C=O) groups is 2. The van der Waals surface area contributed by atoms with Crippen LogP contribution >= 0.6 is 0 Å². The zero-order valence-corrected chi connectivity index (χ0v) is 26.4. The quantitative estimate of drug-likeness (QED) is 0.282. The molecule has 1 aliphatic heterocycles. The predicted octanol–water partition coefficient (Wildman–Crippen LogP) is 8.52. The van der Waals surface area contributed by atoms with Crippen molar-refractivity contribution in [2.24, 2.45) is 10.8 Å². The molecule has 224 valence electrons. The number of hydrogen-bond acceptors (Lipinski definition) is 5. The summed E-state index contributed by atoms with van der Waals surface area (Å²) in [7, 11) is 1.64. The number of Topliss-reactive ketones (excluding diaryl/α,β-unsaturated/α-hetero) is 2. The Hall–Kier alpha value is -3.86. The second-order valence-electron chi connectivity index (χ2n) is 14.0. The van der Waals surface area contributed by atoms with Crippen molar-refractivity contribution < 1.29 is 19.1 Å². The second kappa shape index (κ2) is 11.0. The maximum atomic E-state index is 14.0. The van der Waals surface area contributed by atoms with Crippen LogP contribution in [-0.4, -0.2) is 30.1 Å². The topological polar surface area (TPSA) is 55.8 Å². The molecule has 0 spiro atoms. The average molecular weight is 578 g/mol. The molecule has 0 N–H and O–H groups in total. The lowest BCUT2D eigenvalue weighted by Crippen LogP contribution is -2.44. The smallest absolute Gasteiger partial charge is 0.162 e. The number of benzene rings is 3. The minimum Gasteiger partial charge on any atom is -0.493 e. The monoisotopic (exact) mass is 577 g/mol. The highest BCUT2D eigenvalue weighted by Gasteiger charge is 2.48. The lowest BCUT2D eigenvalue weighted by Gasteiger charge is -2.49. The van der Waals surface area contributed by atoms with Crippen molar-refractivity contribution in [3.63, 3.8) is 0 Å².